The summed E-state index contributed by atoms with van der Waals surface area (Å²) in [5, 5.41) is 107. The second kappa shape index (κ2) is 17.5. The fraction of sp³-hybridized carbons (Fsp3) is 0.917. The zero-order chi connectivity index (χ0) is 48.4. The van der Waals surface area contributed by atoms with Crippen molar-refractivity contribution in [2.75, 3.05) is 6.61 Å². The molecule has 10 N–H and O–H groups in total. The Hall–Kier alpha value is -1.88. The summed E-state index contributed by atoms with van der Waals surface area (Å²) < 4.78 is 36.7. The number of carboxylic acid groups (broad SMARTS) is 2. The van der Waals surface area contributed by atoms with E-state index in [1.165, 1.54) is 12.5 Å². The first-order valence-electron chi connectivity index (χ1n) is 24.2. The smallest absolute Gasteiger partial charge is 0.335 e. The number of hydrogen-bond acceptors (Lipinski definition) is 16. The molecule has 0 aromatic heterocycles. The van der Waals surface area contributed by atoms with Crippen LogP contribution >= 0.6 is 0 Å². The van der Waals surface area contributed by atoms with Crippen LogP contribution < -0.4 is 0 Å². The van der Waals surface area contributed by atoms with Crippen molar-refractivity contribution in [1.29, 1.82) is 0 Å². The Kier molecular flexibility index (Phi) is 13.4. The van der Waals surface area contributed by atoms with Crippen molar-refractivity contribution >= 4 is 11.9 Å². The molecule has 376 valence electrons. The number of ether oxygens (including phenoxy) is 6. The van der Waals surface area contributed by atoms with Gasteiger partial charge in [-0.3, -0.25) is 4.79 Å². The number of allylic oxidation sites excluding steroid dienone is 2. The van der Waals surface area contributed by atoms with Crippen molar-refractivity contribution in [3.05, 3.63) is 11.6 Å². The molecule has 3 saturated heterocycles. The first kappa shape index (κ1) is 50.5. The lowest BCUT2D eigenvalue weighted by atomic mass is 9.33. The highest BCUT2D eigenvalue weighted by atomic mass is 16.8. The third-order valence-electron chi connectivity index (χ3n) is 19.3. The normalized spacial score (nSPS) is 53.3. The van der Waals surface area contributed by atoms with Crippen molar-refractivity contribution in [3.8, 4) is 0 Å². The van der Waals surface area contributed by atoms with Gasteiger partial charge in [0.05, 0.1) is 24.2 Å². The molecule has 5 aliphatic carbocycles. The summed E-state index contributed by atoms with van der Waals surface area (Å²) >= 11 is 0. The van der Waals surface area contributed by atoms with E-state index >= 15 is 0 Å². The van der Waals surface area contributed by atoms with E-state index in [1.54, 1.807) is 0 Å². The van der Waals surface area contributed by atoms with Crippen LogP contribution in [0.3, 0.4) is 0 Å². The second-order valence-corrected chi connectivity index (χ2v) is 23.5. The molecule has 3 heterocycles. The van der Waals surface area contributed by atoms with E-state index in [2.05, 4.69) is 54.5 Å². The first-order chi connectivity index (χ1) is 30.7. The van der Waals surface area contributed by atoms with E-state index in [0.717, 1.165) is 44.9 Å². The Morgan fingerprint density at radius 3 is 1.92 bits per heavy atom. The van der Waals surface area contributed by atoms with Gasteiger partial charge < -0.3 is 79.5 Å². The van der Waals surface area contributed by atoms with Crippen LogP contribution in [0.2, 0.25) is 0 Å². The number of aliphatic hydroxyl groups is 8. The van der Waals surface area contributed by atoms with Crippen LogP contribution in [0.15, 0.2) is 11.6 Å². The number of carboxylic acids is 2. The molecule has 23 atom stereocenters. The minimum Gasteiger partial charge on any atom is -0.481 e. The molecule has 0 radical (unpaired) electrons. The molecule has 4 saturated carbocycles. The van der Waals surface area contributed by atoms with Gasteiger partial charge in [0.25, 0.3) is 0 Å². The average molecular weight is 941 g/mol. The summed E-state index contributed by atoms with van der Waals surface area (Å²) in [6, 6.07) is 0. The number of hydrogen-bond donors (Lipinski definition) is 10. The molecule has 0 amide bonds. The Bertz CT molecular complexity index is 1860. The number of rotatable bonds is 9. The van der Waals surface area contributed by atoms with E-state index in [4.69, 9.17) is 28.4 Å². The lowest BCUT2D eigenvalue weighted by Crippen LogP contribution is -2.68. The van der Waals surface area contributed by atoms with E-state index in [-0.39, 0.29) is 39.4 Å². The molecule has 23 unspecified atom stereocenters. The van der Waals surface area contributed by atoms with Crippen molar-refractivity contribution < 1.29 is 89.1 Å². The molecule has 0 spiro atoms. The van der Waals surface area contributed by atoms with Gasteiger partial charge in [-0.1, -0.05) is 60.1 Å². The quantitative estimate of drug-likeness (QED) is 0.117. The van der Waals surface area contributed by atoms with Gasteiger partial charge in [-0.15, -0.1) is 0 Å². The van der Waals surface area contributed by atoms with Crippen molar-refractivity contribution in [3.63, 3.8) is 0 Å². The van der Waals surface area contributed by atoms with Crippen LogP contribution in [0.5, 0.6) is 0 Å². The fourth-order valence-corrected chi connectivity index (χ4v) is 15.1. The minimum absolute atomic E-state index is 0.0241. The monoisotopic (exact) mass is 941 g/mol. The molecule has 8 rings (SSSR count). The lowest BCUT2D eigenvalue weighted by Gasteiger charge is -2.71. The molecule has 0 aromatic carbocycles. The summed E-state index contributed by atoms with van der Waals surface area (Å²) in [6.07, 6.45) is -16.6. The number of carbonyl (C=O) groups is 2. The minimum atomic E-state index is -2.06. The summed E-state index contributed by atoms with van der Waals surface area (Å²) in [4.78, 5) is 26.0. The van der Waals surface area contributed by atoms with Gasteiger partial charge in [0.1, 0.15) is 61.0 Å². The van der Waals surface area contributed by atoms with E-state index < -0.39 is 128 Å². The van der Waals surface area contributed by atoms with Crippen LogP contribution in [0.4, 0.5) is 0 Å². The highest BCUT2D eigenvalue weighted by Crippen LogP contribution is 2.76. The van der Waals surface area contributed by atoms with Crippen molar-refractivity contribution in [1.82, 2.24) is 0 Å². The van der Waals surface area contributed by atoms with Gasteiger partial charge in [0.2, 0.25) is 0 Å². The molecule has 3 aliphatic heterocycles. The maximum absolute atomic E-state index is 13.2. The zero-order valence-electron chi connectivity index (χ0n) is 39.6. The van der Waals surface area contributed by atoms with Crippen LogP contribution in [0.1, 0.15) is 120 Å². The van der Waals surface area contributed by atoms with Gasteiger partial charge in [0, 0.05) is 0 Å². The third kappa shape index (κ3) is 7.74. The van der Waals surface area contributed by atoms with Gasteiger partial charge in [0.15, 0.2) is 25.0 Å². The number of aliphatic hydroxyl groups excluding tert-OH is 8. The van der Waals surface area contributed by atoms with Gasteiger partial charge in [-0.25, -0.2) is 4.79 Å². The van der Waals surface area contributed by atoms with Crippen molar-refractivity contribution in [2.45, 2.75) is 218 Å². The molecule has 0 bridgehead atoms. The predicted octanol–water partition coefficient (Wildman–Crippen LogP) is 1.83. The first-order valence-corrected chi connectivity index (χ1v) is 24.2. The van der Waals surface area contributed by atoms with E-state index in [0.29, 0.717) is 19.3 Å². The van der Waals surface area contributed by atoms with Gasteiger partial charge in [-0.2, -0.15) is 0 Å². The molecular weight excluding hydrogens is 865 g/mol. The molecule has 7 fully saturated rings. The van der Waals surface area contributed by atoms with E-state index in [1.807, 2.05) is 0 Å². The molecule has 18 nitrogen and oxygen atoms in total. The highest BCUT2D eigenvalue weighted by Gasteiger charge is 2.70. The zero-order valence-corrected chi connectivity index (χ0v) is 39.6. The summed E-state index contributed by atoms with van der Waals surface area (Å²) in [5.74, 6) is -1.96. The van der Waals surface area contributed by atoms with Crippen LogP contribution in [0.25, 0.3) is 0 Å². The van der Waals surface area contributed by atoms with Gasteiger partial charge in [-0.05, 0) is 116 Å². The maximum atomic E-state index is 13.2. The highest BCUT2D eigenvalue weighted by molar-refractivity contribution is 5.76. The topological polar surface area (TPSA) is 292 Å². The Morgan fingerprint density at radius 2 is 1.29 bits per heavy atom. The summed E-state index contributed by atoms with van der Waals surface area (Å²) in [7, 11) is 0. The predicted molar refractivity (Wildman–Crippen MR) is 230 cm³/mol. The standard InChI is InChI=1S/C48H76O18/c1-21-28(50)30(52)32(54)39(61-21)64-35-34(56)36(38(57)58)65-41(37(35)66-40-33(55)31(53)29(51)24(20-49)62-40)63-27-12-13-45(6)25(44(27,4)5)11-14-47(8)26(45)10-9-22-23-19-43(2,3)15-17-48(23,42(59)60)18-16-46(22,47)7/h9,21,23-37,39-41,49-56H,10-20H2,1-8H3,(H,57,58)(H,59,60). The van der Waals surface area contributed by atoms with E-state index in [9.17, 15) is 60.7 Å². The van der Waals surface area contributed by atoms with Crippen molar-refractivity contribution in [2.24, 2.45) is 50.2 Å². The molecule has 66 heavy (non-hydrogen) atoms. The molecule has 8 aliphatic rings. The van der Waals surface area contributed by atoms with Crippen LogP contribution in [0, 0.1) is 50.2 Å². The summed E-state index contributed by atoms with van der Waals surface area (Å²) in [5.41, 5.74) is -0.505. The lowest BCUT2D eigenvalue weighted by molar-refractivity contribution is -0.395. The second-order valence-electron chi connectivity index (χ2n) is 23.5. The SMILES string of the molecule is CC1OC(OC2C(O)C(C(=O)O)OC(OC3CCC4(C)C(CCC5(C)C4CC=C4C6CC(C)(C)CCC6(C(=O)O)CCC45C)C3(C)C)C2OC2OC(CO)C(O)C(O)C2O)C(O)C(O)C1O. The Labute approximate surface area is 386 Å². The fourth-order valence-electron chi connectivity index (χ4n) is 15.1. The Balaban J connectivity index is 1.11. The number of aliphatic carboxylic acids is 2. The molecule has 0 aromatic rings. The Morgan fingerprint density at radius 1 is 0.667 bits per heavy atom. The molecule has 18 heteroatoms. The molecular formula is C48H76O18. The third-order valence-corrected chi connectivity index (χ3v) is 19.3. The van der Waals surface area contributed by atoms with Crippen LogP contribution in [-0.2, 0) is 38.0 Å². The van der Waals surface area contributed by atoms with Gasteiger partial charge >= 0.3 is 11.9 Å². The maximum Gasteiger partial charge on any atom is 0.335 e. The van der Waals surface area contributed by atoms with Crippen LogP contribution in [-0.4, -0.2) is 168 Å². The average Bonchev–Trinajstić information content (AvgIpc) is 3.24. The largest absolute Gasteiger partial charge is 0.481 e. The summed E-state index contributed by atoms with van der Waals surface area (Å²) in [6.45, 7) is 16.6. The number of fused-ring (bicyclic) bond motifs is 7.